The Morgan fingerprint density at radius 3 is 2.79 bits per heavy atom. The molecule has 0 aromatic heterocycles. The molecule has 0 saturated carbocycles. The van der Waals surface area contributed by atoms with Crippen molar-refractivity contribution in [3.63, 3.8) is 0 Å². The third-order valence-corrected chi connectivity index (χ3v) is 4.22. The van der Waals surface area contributed by atoms with Gasteiger partial charge in [-0.1, -0.05) is 13.8 Å². The molecular formula is C16H22N2O. The van der Waals surface area contributed by atoms with Crippen molar-refractivity contribution in [3.8, 4) is 11.8 Å². The van der Waals surface area contributed by atoms with E-state index in [9.17, 15) is 0 Å². The molecule has 1 heterocycles. The number of ether oxygens (including phenoxy) is 1. The largest absolute Gasteiger partial charge is 0.496 e. The van der Waals surface area contributed by atoms with Crippen LogP contribution in [-0.2, 0) is 6.54 Å². The molecule has 1 aromatic carbocycles. The van der Waals surface area contributed by atoms with Gasteiger partial charge in [-0.05, 0) is 43.0 Å². The summed E-state index contributed by atoms with van der Waals surface area (Å²) in [4.78, 5) is 2.46. The Morgan fingerprint density at radius 2 is 2.16 bits per heavy atom. The summed E-state index contributed by atoms with van der Waals surface area (Å²) in [6.45, 7) is 7.78. The van der Waals surface area contributed by atoms with Crippen molar-refractivity contribution in [3.05, 3.63) is 29.3 Å². The SMILES string of the molecule is COc1ccc(C#N)cc1CN1CCC(C)C(C)C1. The van der Waals surface area contributed by atoms with Gasteiger partial charge in [0.1, 0.15) is 5.75 Å². The number of hydrogen-bond acceptors (Lipinski definition) is 3. The Kier molecular flexibility index (Phi) is 4.44. The summed E-state index contributed by atoms with van der Waals surface area (Å²) in [5.41, 5.74) is 1.82. The minimum atomic E-state index is 0.703. The van der Waals surface area contributed by atoms with E-state index in [-0.39, 0.29) is 0 Å². The van der Waals surface area contributed by atoms with Crippen molar-refractivity contribution < 1.29 is 4.74 Å². The first-order valence-electron chi connectivity index (χ1n) is 6.93. The van der Waals surface area contributed by atoms with Gasteiger partial charge in [-0.25, -0.2) is 0 Å². The van der Waals surface area contributed by atoms with Crippen LogP contribution < -0.4 is 4.74 Å². The van der Waals surface area contributed by atoms with Crippen molar-refractivity contribution in [2.45, 2.75) is 26.8 Å². The summed E-state index contributed by atoms with van der Waals surface area (Å²) in [7, 11) is 1.69. The Morgan fingerprint density at radius 1 is 1.37 bits per heavy atom. The van der Waals surface area contributed by atoms with Crippen LogP contribution in [0.1, 0.15) is 31.4 Å². The maximum Gasteiger partial charge on any atom is 0.123 e. The summed E-state index contributed by atoms with van der Waals surface area (Å²) >= 11 is 0. The second kappa shape index (κ2) is 6.08. The average Bonchev–Trinajstić information content (AvgIpc) is 2.43. The molecule has 102 valence electrons. The second-order valence-electron chi connectivity index (χ2n) is 5.62. The highest BCUT2D eigenvalue weighted by molar-refractivity contribution is 5.42. The molecule has 0 aliphatic carbocycles. The van der Waals surface area contributed by atoms with E-state index >= 15 is 0 Å². The standard InChI is InChI=1S/C16H22N2O/c1-12-6-7-18(10-13(12)2)11-15-8-14(9-17)4-5-16(15)19-3/h4-5,8,12-13H,6-7,10-11H2,1-3H3. The molecule has 2 atom stereocenters. The lowest BCUT2D eigenvalue weighted by Crippen LogP contribution is -2.37. The zero-order chi connectivity index (χ0) is 13.8. The van der Waals surface area contributed by atoms with Crippen LogP contribution in [0.5, 0.6) is 5.75 Å². The maximum atomic E-state index is 9.00. The Hall–Kier alpha value is -1.53. The summed E-state index contributed by atoms with van der Waals surface area (Å²) in [6.07, 6.45) is 1.25. The van der Waals surface area contributed by atoms with Gasteiger partial charge in [-0.15, -0.1) is 0 Å². The van der Waals surface area contributed by atoms with Gasteiger partial charge in [0.15, 0.2) is 0 Å². The van der Waals surface area contributed by atoms with Crippen LogP contribution in [0.25, 0.3) is 0 Å². The molecule has 2 rings (SSSR count). The molecular weight excluding hydrogens is 236 g/mol. The lowest BCUT2D eigenvalue weighted by molar-refractivity contribution is 0.131. The Bertz CT molecular complexity index is 478. The van der Waals surface area contributed by atoms with Gasteiger partial charge < -0.3 is 4.74 Å². The van der Waals surface area contributed by atoms with Crippen molar-refractivity contribution in [2.75, 3.05) is 20.2 Å². The molecule has 0 amide bonds. The fraction of sp³-hybridized carbons (Fsp3) is 0.562. The summed E-state index contributed by atoms with van der Waals surface area (Å²) in [5.74, 6) is 2.42. The van der Waals surface area contributed by atoms with Crippen molar-refractivity contribution in [2.24, 2.45) is 11.8 Å². The van der Waals surface area contributed by atoms with E-state index in [4.69, 9.17) is 10.00 Å². The first-order chi connectivity index (χ1) is 9.13. The average molecular weight is 258 g/mol. The van der Waals surface area contributed by atoms with Crippen LogP contribution in [0.4, 0.5) is 0 Å². The molecule has 3 nitrogen and oxygen atoms in total. The van der Waals surface area contributed by atoms with Crippen molar-refractivity contribution in [1.29, 1.82) is 5.26 Å². The van der Waals surface area contributed by atoms with Crippen molar-refractivity contribution in [1.82, 2.24) is 4.90 Å². The van der Waals surface area contributed by atoms with Crippen LogP contribution in [-0.4, -0.2) is 25.1 Å². The maximum absolute atomic E-state index is 9.00. The monoisotopic (exact) mass is 258 g/mol. The zero-order valence-electron chi connectivity index (χ0n) is 12.0. The quantitative estimate of drug-likeness (QED) is 0.836. The van der Waals surface area contributed by atoms with Gasteiger partial charge in [0.05, 0.1) is 18.7 Å². The first kappa shape index (κ1) is 13.9. The molecule has 1 aliphatic heterocycles. The third kappa shape index (κ3) is 3.27. The molecule has 1 fully saturated rings. The van der Waals surface area contributed by atoms with E-state index < -0.39 is 0 Å². The highest BCUT2D eigenvalue weighted by Gasteiger charge is 2.23. The number of likely N-dealkylation sites (tertiary alicyclic amines) is 1. The number of nitrogens with zero attached hydrogens (tertiary/aromatic N) is 2. The van der Waals surface area contributed by atoms with E-state index in [0.717, 1.165) is 42.8 Å². The summed E-state index contributed by atoms with van der Waals surface area (Å²) < 4.78 is 5.40. The van der Waals surface area contributed by atoms with Gasteiger partial charge in [0.2, 0.25) is 0 Å². The smallest absolute Gasteiger partial charge is 0.123 e. The van der Waals surface area contributed by atoms with Gasteiger partial charge in [0.25, 0.3) is 0 Å². The Balaban J connectivity index is 2.12. The molecule has 2 unspecified atom stereocenters. The lowest BCUT2D eigenvalue weighted by Gasteiger charge is -2.35. The van der Waals surface area contributed by atoms with E-state index in [2.05, 4.69) is 24.8 Å². The lowest BCUT2D eigenvalue weighted by atomic mass is 9.88. The predicted molar refractivity (Wildman–Crippen MR) is 75.9 cm³/mol. The minimum Gasteiger partial charge on any atom is -0.496 e. The number of nitriles is 1. The van der Waals surface area contributed by atoms with Crippen LogP contribution >= 0.6 is 0 Å². The fourth-order valence-electron chi connectivity index (χ4n) is 2.71. The number of rotatable bonds is 3. The first-order valence-corrected chi connectivity index (χ1v) is 6.93. The number of benzene rings is 1. The second-order valence-corrected chi connectivity index (χ2v) is 5.62. The highest BCUT2D eigenvalue weighted by Crippen LogP contribution is 2.26. The van der Waals surface area contributed by atoms with E-state index in [1.807, 2.05) is 18.2 Å². The molecule has 0 spiro atoms. The molecule has 3 heteroatoms. The topological polar surface area (TPSA) is 36.3 Å². The molecule has 1 aliphatic rings. The summed E-state index contributed by atoms with van der Waals surface area (Å²) in [6, 6.07) is 7.85. The van der Waals surface area contributed by atoms with Gasteiger partial charge in [-0.3, -0.25) is 4.90 Å². The molecule has 0 bridgehead atoms. The number of methoxy groups -OCH3 is 1. The van der Waals surface area contributed by atoms with Gasteiger partial charge in [-0.2, -0.15) is 5.26 Å². The van der Waals surface area contributed by atoms with Crippen LogP contribution in [0.15, 0.2) is 18.2 Å². The molecule has 0 N–H and O–H groups in total. The van der Waals surface area contributed by atoms with E-state index in [0.29, 0.717) is 5.56 Å². The number of hydrogen-bond donors (Lipinski definition) is 0. The summed E-state index contributed by atoms with van der Waals surface area (Å²) in [5, 5.41) is 9.00. The van der Waals surface area contributed by atoms with E-state index in [1.54, 1.807) is 7.11 Å². The Labute approximate surface area is 115 Å². The van der Waals surface area contributed by atoms with Crippen LogP contribution in [0.3, 0.4) is 0 Å². The number of piperidine rings is 1. The van der Waals surface area contributed by atoms with Crippen LogP contribution in [0, 0.1) is 23.2 Å². The molecule has 19 heavy (non-hydrogen) atoms. The zero-order valence-corrected chi connectivity index (χ0v) is 12.0. The molecule has 0 radical (unpaired) electrons. The molecule has 1 saturated heterocycles. The molecule has 1 aromatic rings. The fourth-order valence-corrected chi connectivity index (χ4v) is 2.71. The van der Waals surface area contributed by atoms with Crippen molar-refractivity contribution >= 4 is 0 Å². The van der Waals surface area contributed by atoms with Crippen LogP contribution in [0.2, 0.25) is 0 Å². The van der Waals surface area contributed by atoms with E-state index in [1.165, 1.54) is 6.42 Å². The minimum absolute atomic E-state index is 0.703. The highest BCUT2D eigenvalue weighted by atomic mass is 16.5. The van der Waals surface area contributed by atoms with Gasteiger partial charge >= 0.3 is 0 Å². The predicted octanol–water partition coefficient (Wildman–Crippen LogP) is 3.04. The third-order valence-electron chi connectivity index (χ3n) is 4.22. The normalized spacial score (nSPS) is 23.9. The van der Waals surface area contributed by atoms with Gasteiger partial charge in [0, 0.05) is 18.7 Å².